The Morgan fingerprint density at radius 1 is 1.29 bits per heavy atom. The van der Waals surface area contributed by atoms with Gasteiger partial charge in [-0.15, -0.1) is 0 Å². The summed E-state index contributed by atoms with van der Waals surface area (Å²) in [5.74, 6) is 0. The zero-order valence-electron chi connectivity index (χ0n) is 9.25. The van der Waals surface area contributed by atoms with Crippen LogP contribution in [0.15, 0.2) is 42.6 Å². The molecule has 0 spiro atoms. The predicted molar refractivity (Wildman–Crippen MR) is 68.5 cm³/mol. The average molecular weight is 202 g/mol. The van der Waals surface area contributed by atoms with Crippen LogP contribution in [0.2, 0.25) is 13.1 Å². The Bertz CT molecular complexity index is 348. The van der Waals surface area contributed by atoms with Crippen molar-refractivity contribution in [1.29, 1.82) is 0 Å². The fourth-order valence-electron chi connectivity index (χ4n) is 1.58. The molecule has 1 aromatic rings. The molecule has 0 saturated heterocycles. The van der Waals surface area contributed by atoms with E-state index in [4.69, 9.17) is 0 Å². The highest BCUT2D eigenvalue weighted by atomic mass is 28.3. The van der Waals surface area contributed by atoms with Crippen LogP contribution in [0.3, 0.4) is 0 Å². The molecule has 1 rings (SSSR count). The first kappa shape index (κ1) is 11.0. The summed E-state index contributed by atoms with van der Waals surface area (Å²) < 4.78 is 0. The molecule has 0 aliphatic rings. The Hall–Kier alpha value is -1.08. The molecule has 0 amide bonds. The maximum Gasteiger partial charge on any atom is 0.103 e. The first-order valence-corrected chi connectivity index (χ1v) is 8.04. The van der Waals surface area contributed by atoms with Crippen molar-refractivity contribution in [3.63, 3.8) is 0 Å². The van der Waals surface area contributed by atoms with E-state index >= 15 is 0 Å². The van der Waals surface area contributed by atoms with Crippen molar-refractivity contribution in [1.82, 2.24) is 0 Å². The second-order valence-electron chi connectivity index (χ2n) is 4.05. The molecule has 14 heavy (non-hydrogen) atoms. The largest absolute Gasteiger partial charge is 0.103 e. The summed E-state index contributed by atoms with van der Waals surface area (Å²) in [5, 5.41) is 1.47. The van der Waals surface area contributed by atoms with Gasteiger partial charge in [0.2, 0.25) is 0 Å². The Morgan fingerprint density at radius 3 is 2.57 bits per heavy atom. The van der Waals surface area contributed by atoms with Crippen LogP contribution in [-0.4, -0.2) is 8.07 Å². The van der Waals surface area contributed by atoms with Crippen molar-refractivity contribution < 1.29 is 0 Å². The maximum atomic E-state index is 3.80. The number of hydrogen-bond donors (Lipinski definition) is 0. The molecule has 0 unspecified atom stereocenters. The fourth-order valence-corrected chi connectivity index (χ4v) is 3.67. The Balaban J connectivity index is 3.11. The molecule has 0 aromatic heterocycles. The van der Waals surface area contributed by atoms with Gasteiger partial charge in [-0.1, -0.05) is 67.0 Å². The number of rotatable bonds is 3. The molecule has 0 fully saturated rings. The van der Waals surface area contributed by atoms with Gasteiger partial charge in [0.05, 0.1) is 0 Å². The highest BCUT2D eigenvalue weighted by Gasteiger charge is 2.18. The van der Waals surface area contributed by atoms with Gasteiger partial charge in [0.1, 0.15) is 8.07 Å². The van der Waals surface area contributed by atoms with Crippen molar-refractivity contribution in [2.75, 3.05) is 0 Å². The van der Waals surface area contributed by atoms with E-state index in [0.29, 0.717) is 0 Å². The molecule has 0 aliphatic heterocycles. The third-order valence-electron chi connectivity index (χ3n) is 2.45. The normalized spacial score (nSPS) is 11.9. The summed E-state index contributed by atoms with van der Waals surface area (Å²) in [6.07, 6.45) is 4.07. The minimum absolute atomic E-state index is 1.22. The van der Waals surface area contributed by atoms with E-state index in [-0.39, 0.29) is 0 Å². The van der Waals surface area contributed by atoms with Gasteiger partial charge in [-0.25, -0.2) is 0 Å². The smallest absolute Gasteiger partial charge is 0.0985 e. The second kappa shape index (κ2) is 4.42. The summed E-state index contributed by atoms with van der Waals surface area (Å²) in [6, 6.07) is 8.68. The maximum absolute atomic E-state index is 3.80. The zero-order chi connectivity index (χ0) is 10.6. The van der Waals surface area contributed by atoms with E-state index in [0.717, 1.165) is 0 Å². The average Bonchev–Trinajstić information content (AvgIpc) is 2.18. The van der Waals surface area contributed by atoms with Gasteiger partial charge in [0.25, 0.3) is 0 Å². The van der Waals surface area contributed by atoms with Gasteiger partial charge >= 0.3 is 0 Å². The van der Waals surface area contributed by atoms with Crippen LogP contribution in [0.4, 0.5) is 0 Å². The van der Waals surface area contributed by atoms with Crippen molar-refractivity contribution in [2.24, 2.45) is 0 Å². The van der Waals surface area contributed by atoms with Crippen LogP contribution in [-0.2, 0) is 0 Å². The molecular formula is C13H18Si. The van der Waals surface area contributed by atoms with Gasteiger partial charge in [-0.3, -0.25) is 0 Å². The summed E-state index contributed by atoms with van der Waals surface area (Å²) in [7, 11) is -1.36. The van der Waals surface area contributed by atoms with Crippen LogP contribution in [0.25, 0.3) is 6.08 Å². The van der Waals surface area contributed by atoms with E-state index < -0.39 is 8.07 Å². The van der Waals surface area contributed by atoms with Gasteiger partial charge < -0.3 is 0 Å². The van der Waals surface area contributed by atoms with Crippen LogP contribution >= 0.6 is 0 Å². The van der Waals surface area contributed by atoms with E-state index in [1.54, 1.807) is 0 Å². The summed E-state index contributed by atoms with van der Waals surface area (Å²) in [5.41, 5.74) is 3.57. The predicted octanol–water partition coefficient (Wildman–Crippen LogP) is 3.36. The lowest BCUT2D eigenvalue weighted by Crippen LogP contribution is -2.39. The van der Waals surface area contributed by atoms with Crippen LogP contribution < -0.4 is 5.19 Å². The molecule has 0 aliphatic carbocycles. The van der Waals surface area contributed by atoms with Gasteiger partial charge in [0.15, 0.2) is 0 Å². The van der Waals surface area contributed by atoms with Crippen LogP contribution in [0.5, 0.6) is 0 Å². The SMILES string of the molecule is C=Cc1cccc([Si](C)(C)C=CC)c1. The van der Waals surface area contributed by atoms with Crippen LogP contribution in [0, 0.1) is 0 Å². The number of allylic oxidation sites excluding steroid dienone is 1. The fraction of sp³-hybridized carbons (Fsp3) is 0.231. The van der Waals surface area contributed by atoms with Gasteiger partial charge in [-0.2, -0.15) is 0 Å². The number of benzene rings is 1. The van der Waals surface area contributed by atoms with E-state index in [2.05, 4.69) is 62.6 Å². The molecule has 0 heterocycles. The van der Waals surface area contributed by atoms with Crippen molar-refractivity contribution in [2.45, 2.75) is 20.0 Å². The second-order valence-corrected chi connectivity index (χ2v) is 8.41. The minimum atomic E-state index is -1.36. The third-order valence-corrected chi connectivity index (χ3v) is 5.42. The molecule has 0 saturated carbocycles. The van der Waals surface area contributed by atoms with Crippen molar-refractivity contribution >= 4 is 19.3 Å². The zero-order valence-corrected chi connectivity index (χ0v) is 10.2. The Labute approximate surface area is 88.0 Å². The monoisotopic (exact) mass is 202 g/mol. The van der Waals surface area contributed by atoms with Crippen molar-refractivity contribution in [3.05, 3.63) is 48.2 Å². The summed E-state index contributed by atoms with van der Waals surface area (Å²) in [4.78, 5) is 0. The summed E-state index contributed by atoms with van der Waals surface area (Å²) >= 11 is 0. The molecule has 0 N–H and O–H groups in total. The molecule has 0 bridgehead atoms. The lowest BCUT2D eigenvalue weighted by atomic mass is 10.2. The Kier molecular flexibility index (Phi) is 3.47. The molecule has 74 valence electrons. The topological polar surface area (TPSA) is 0 Å². The molecule has 1 aromatic carbocycles. The third kappa shape index (κ3) is 2.45. The molecular weight excluding hydrogens is 184 g/mol. The number of hydrogen-bond acceptors (Lipinski definition) is 0. The summed E-state index contributed by atoms with van der Waals surface area (Å²) in [6.45, 7) is 10.6. The molecule has 0 nitrogen and oxygen atoms in total. The highest BCUT2D eigenvalue weighted by Crippen LogP contribution is 2.07. The Morgan fingerprint density at radius 2 is 2.00 bits per heavy atom. The molecule has 1 heteroatoms. The minimum Gasteiger partial charge on any atom is -0.0985 e. The quantitative estimate of drug-likeness (QED) is 0.659. The molecule has 0 atom stereocenters. The lowest BCUT2D eigenvalue weighted by Gasteiger charge is -2.18. The van der Waals surface area contributed by atoms with Crippen LogP contribution in [0.1, 0.15) is 12.5 Å². The van der Waals surface area contributed by atoms with E-state index in [1.807, 2.05) is 6.08 Å². The van der Waals surface area contributed by atoms with E-state index in [9.17, 15) is 0 Å². The van der Waals surface area contributed by atoms with Gasteiger partial charge in [0, 0.05) is 0 Å². The standard InChI is InChI=1S/C13H18Si/c1-5-10-14(3,4)13-9-7-8-12(6-2)11-13/h5-11H,2H2,1,3-4H3. The van der Waals surface area contributed by atoms with Crippen molar-refractivity contribution in [3.8, 4) is 0 Å². The van der Waals surface area contributed by atoms with Gasteiger partial charge in [-0.05, 0) is 12.5 Å². The molecule has 0 radical (unpaired) electrons. The van der Waals surface area contributed by atoms with E-state index in [1.165, 1.54) is 10.8 Å². The first-order chi connectivity index (χ1) is 6.60. The first-order valence-electron chi connectivity index (χ1n) is 4.97. The highest BCUT2D eigenvalue weighted by molar-refractivity contribution is 6.93. The lowest BCUT2D eigenvalue weighted by molar-refractivity contribution is 1.65.